The van der Waals surface area contributed by atoms with E-state index in [4.69, 9.17) is 0 Å². The average molecular weight is 299 g/mol. The zero-order valence-corrected chi connectivity index (χ0v) is 12.7. The maximum absolute atomic E-state index is 12.1. The molecule has 0 aliphatic carbocycles. The van der Waals surface area contributed by atoms with Crippen molar-refractivity contribution < 1.29 is 4.79 Å². The molecule has 0 fully saturated rings. The number of aromatic nitrogens is 2. The molecule has 0 bridgehead atoms. The fourth-order valence-corrected chi connectivity index (χ4v) is 3.27. The van der Waals surface area contributed by atoms with E-state index in [1.165, 1.54) is 16.9 Å². The second kappa shape index (κ2) is 6.10. The second-order valence-electron chi connectivity index (χ2n) is 5.03. The molecule has 1 amide bonds. The van der Waals surface area contributed by atoms with Gasteiger partial charge < -0.3 is 5.32 Å². The van der Waals surface area contributed by atoms with Gasteiger partial charge in [0.25, 0.3) is 5.91 Å². The lowest BCUT2D eigenvalue weighted by Gasteiger charge is -2.03. The first kappa shape index (κ1) is 13.8. The molecule has 0 atom stereocenters. The van der Waals surface area contributed by atoms with Crippen LogP contribution in [0.25, 0.3) is 10.1 Å². The van der Waals surface area contributed by atoms with Crippen LogP contribution in [0.2, 0.25) is 0 Å². The predicted molar refractivity (Wildman–Crippen MR) is 85.8 cm³/mol. The van der Waals surface area contributed by atoms with Gasteiger partial charge >= 0.3 is 0 Å². The molecule has 2 aromatic heterocycles. The van der Waals surface area contributed by atoms with Crippen molar-refractivity contribution in [3.05, 3.63) is 52.7 Å². The highest BCUT2D eigenvalue weighted by Gasteiger charge is 2.09. The van der Waals surface area contributed by atoms with Crippen molar-refractivity contribution in [2.24, 2.45) is 0 Å². The topological polar surface area (TPSA) is 57.8 Å². The van der Waals surface area contributed by atoms with Crippen molar-refractivity contribution >= 4 is 27.3 Å². The van der Waals surface area contributed by atoms with Crippen LogP contribution in [0.1, 0.15) is 27.3 Å². The summed E-state index contributed by atoms with van der Waals surface area (Å²) in [5.74, 6) is 0.0140. The van der Waals surface area contributed by atoms with Crippen LogP contribution < -0.4 is 5.32 Å². The Hall–Kier alpha value is -2.14. The Morgan fingerprint density at radius 3 is 3.00 bits per heavy atom. The number of thiophene rings is 1. The number of carbonyl (C=O) groups excluding carboxylic acids is 1. The van der Waals surface area contributed by atoms with E-state index in [1.807, 2.05) is 43.5 Å². The Bertz CT molecular complexity index is 727. The van der Waals surface area contributed by atoms with Crippen molar-refractivity contribution in [3.8, 4) is 0 Å². The Morgan fingerprint density at radius 1 is 1.38 bits per heavy atom. The molecule has 3 aromatic rings. The third-order valence-electron chi connectivity index (χ3n) is 3.49. The Kier molecular flexibility index (Phi) is 4.01. The second-order valence-corrected chi connectivity index (χ2v) is 6.11. The van der Waals surface area contributed by atoms with E-state index in [2.05, 4.69) is 15.5 Å². The summed E-state index contributed by atoms with van der Waals surface area (Å²) < 4.78 is 1.15. The number of nitrogens with zero attached hydrogens (tertiary/aromatic N) is 1. The molecule has 0 saturated carbocycles. The van der Waals surface area contributed by atoms with E-state index in [-0.39, 0.29) is 5.91 Å². The van der Waals surface area contributed by atoms with Gasteiger partial charge in [-0.15, -0.1) is 11.3 Å². The van der Waals surface area contributed by atoms with Gasteiger partial charge in [0.1, 0.15) is 0 Å². The predicted octanol–water partition coefficient (Wildman–Crippen LogP) is 3.30. The number of carbonyl (C=O) groups is 1. The van der Waals surface area contributed by atoms with Crippen LogP contribution >= 0.6 is 11.3 Å². The van der Waals surface area contributed by atoms with Gasteiger partial charge in [0.05, 0.1) is 11.1 Å². The SMILES string of the molecule is Cc1[nH]ncc1CCCNC(=O)c1cc2ccccc2s1. The highest BCUT2D eigenvalue weighted by molar-refractivity contribution is 7.20. The number of rotatable bonds is 5. The minimum atomic E-state index is 0.0140. The molecule has 0 aliphatic rings. The smallest absolute Gasteiger partial charge is 0.261 e. The van der Waals surface area contributed by atoms with Gasteiger partial charge in [-0.2, -0.15) is 5.10 Å². The zero-order chi connectivity index (χ0) is 14.7. The fourth-order valence-electron chi connectivity index (χ4n) is 2.29. The monoisotopic (exact) mass is 299 g/mol. The molecule has 21 heavy (non-hydrogen) atoms. The first-order valence-electron chi connectivity index (χ1n) is 6.99. The molecule has 0 unspecified atom stereocenters. The Morgan fingerprint density at radius 2 is 2.24 bits per heavy atom. The normalized spacial score (nSPS) is 10.9. The molecule has 4 nitrogen and oxygen atoms in total. The molecule has 5 heteroatoms. The lowest BCUT2D eigenvalue weighted by Crippen LogP contribution is -2.23. The Labute approximate surface area is 127 Å². The van der Waals surface area contributed by atoms with Gasteiger partial charge in [-0.05, 0) is 42.8 Å². The summed E-state index contributed by atoms with van der Waals surface area (Å²) in [6.07, 6.45) is 3.69. The number of aromatic amines is 1. The number of hydrogen-bond acceptors (Lipinski definition) is 3. The molecule has 0 saturated heterocycles. The molecule has 108 valence electrons. The minimum Gasteiger partial charge on any atom is -0.351 e. The van der Waals surface area contributed by atoms with E-state index < -0.39 is 0 Å². The van der Waals surface area contributed by atoms with Gasteiger partial charge in [-0.25, -0.2) is 0 Å². The van der Waals surface area contributed by atoms with Gasteiger partial charge in [0.15, 0.2) is 0 Å². The fraction of sp³-hybridized carbons (Fsp3) is 0.250. The molecule has 2 N–H and O–H groups in total. The lowest BCUT2D eigenvalue weighted by molar-refractivity contribution is 0.0957. The van der Waals surface area contributed by atoms with E-state index in [1.54, 1.807) is 0 Å². The third-order valence-corrected chi connectivity index (χ3v) is 4.61. The summed E-state index contributed by atoms with van der Waals surface area (Å²) in [5.41, 5.74) is 2.32. The molecule has 1 aromatic carbocycles. The third kappa shape index (κ3) is 3.13. The van der Waals surface area contributed by atoms with Crippen LogP contribution in [0.15, 0.2) is 36.5 Å². The van der Waals surface area contributed by atoms with Crippen LogP contribution in [0.3, 0.4) is 0 Å². The number of H-pyrrole nitrogens is 1. The number of fused-ring (bicyclic) bond motifs is 1. The quantitative estimate of drug-likeness (QED) is 0.710. The van der Waals surface area contributed by atoms with Crippen molar-refractivity contribution in [1.29, 1.82) is 0 Å². The summed E-state index contributed by atoms with van der Waals surface area (Å²) in [4.78, 5) is 12.9. The molecular weight excluding hydrogens is 282 g/mol. The lowest BCUT2D eigenvalue weighted by atomic mass is 10.1. The number of amides is 1. The maximum atomic E-state index is 12.1. The van der Waals surface area contributed by atoms with Crippen molar-refractivity contribution in [1.82, 2.24) is 15.5 Å². The van der Waals surface area contributed by atoms with Crippen LogP contribution in [-0.4, -0.2) is 22.6 Å². The van der Waals surface area contributed by atoms with E-state index in [0.717, 1.165) is 33.5 Å². The molecule has 0 spiro atoms. The first-order chi connectivity index (χ1) is 10.2. The van der Waals surface area contributed by atoms with Gasteiger partial charge in [-0.1, -0.05) is 18.2 Å². The average Bonchev–Trinajstić information content (AvgIpc) is 3.09. The Balaban J connectivity index is 1.53. The van der Waals surface area contributed by atoms with E-state index in [9.17, 15) is 4.79 Å². The highest BCUT2D eigenvalue weighted by atomic mass is 32.1. The van der Waals surface area contributed by atoms with Crippen LogP contribution in [0, 0.1) is 6.92 Å². The largest absolute Gasteiger partial charge is 0.351 e. The first-order valence-corrected chi connectivity index (χ1v) is 7.81. The standard InChI is InChI=1S/C16H17N3OS/c1-11-13(10-18-19-11)6-4-8-17-16(20)15-9-12-5-2-3-7-14(12)21-15/h2-3,5,7,9-10H,4,6,8H2,1H3,(H,17,20)(H,18,19). The van der Waals surface area contributed by atoms with Crippen molar-refractivity contribution in [2.45, 2.75) is 19.8 Å². The summed E-state index contributed by atoms with van der Waals surface area (Å²) >= 11 is 1.54. The zero-order valence-electron chi connectivity index (χ0n) is 11.8. The molecule has 3 rings (SSSR count). The number of aryl methyl sites for hydroxylation is 2. The summed E-state index contributed by atoms with van der Waals surface area (Å²) in [6.45, 7) is 2.69. The van der Waals surface area contributed by atoms with E-state index >= 15 is 0 Å². The summed E-state index contributed by atoms with van der Waals surface area (Å²) in [6, 6.07) is 10.0. The van der Waals surface area contributed by atoms with Crippen molar-refractivity contribution in [2.75, 3.05) is 6.54 Å². The molecular formula is C16H17N3OS. The minimum absolute atomic E-state index is 0.0140. The van der Waals surface area contributed by atoms with Crippen molar-refractivity contribution in [3.63, 3.8) is 0 Å². The van der Waals surface area contributed by atoms with Crippen LogP contribution in [0.4, 0.5) is 0 Å². The van der Waals surface area contributed by atoms with Gasteiger partial charge in [0.2, 0.25) is 0 Å². The molecule has 2 heterocycles. The van der Waals surface area contributed by atoms with Crippen LogP contribution in [0.5, 0.6) is 0 Å². The van der Waals surface area contributed by atoms with Gasteiger partial charge in [0, 0.05) is 16.9 Å². The van der Waals surface area contributed by atoms with E-state index in [0.29, 0.717) is 6.54 Å². The van der Waals surface area contributed by atoms with Gasteiger partial charge in [-0.3, -0.25) is 9.89 Å². The van der Waals surface area contributed by atoms with Crippen LogP contribution in [-0.2, 0) is 6.42 Å². The summed E-state index contributed by atoms with van der Waals surface area (Å²) in [5, 5.41) is 11.0. The maximum Gasteiger partial charge on any atom is 0.261 e. The number of nitrogens with one attached hydrogen (secondary N) is 2. The molecule has 0 radical (unpaired) electrons. The molecule has 0 aliphatic heterocycles. The summed E-state index contributed by atoms with van der Waals surface area (Å²) in [7, 11) is 0. The number of benzene rings is 1. The highest BCUT2D eigenvalue weighted by Crippen LogP contribution is 2.24. The number of hydrogen-bond donors (Lipinski definition) is 2.